The van der Waals surface area contributed by atoms with E-state index >= 15 is 0 Å². The first kappa shape index (κ1) is 18.8. The number of anilines is 2. The molecule has 0 aliphatic carbocycles. The molecule has 0 radical (unpaired) electrons. The summed E-state index contributed by atoms with van der Waals surface area (Å²) in [6.45, 7) is 3.54. The van der Waals surface area contributed by atoms with Gasteiger partial charge in [0.1, 0.15) is 11.5 Å². The van der Waals surface area contributed by atoms with Crippen LogP contribution in [-0.4, -0.2) is 47.7 Å². The third-order valence-corrected chi connectivity index (χ3v) is 4.07. The zero-order chi connectivity index (χ0) is 19.1. The van der Waals surface area contributed by atoms with Crippen molar-refractivity contribution in [1.82, 2.24) is 9.97 Å². The van der Waals surface area contributed by atoms with Gasteiger partial charge in [0.05, 0.1) is 30.7 Å². The number of benzene rings is 1. The summed E-state index contributed by atoms with van der Waals surface area (Å²) >= 11 is 0. The molecule has 3 rings (SSSR count). The largest absolute Gasteiger partial charge is 0.462 e. The van der Waals surface area contributed by atoms with E-state index in [1.807, 2.05) is 0 Å². The first-order valence-corrected chi connectivity index (χ1v) is 8.91. The topological polar surface area (TPSA) is 102 Å². The van der Waals surface area contributed by atoms with Crippen LogP contribution in [0.3, 0.4) is 0 Å². The maximum absolute atomic E-state index is 12.3. The molecule has 1 aromatic carbocycles. The Morgan fingerprint density at radius 3 is 2.67 bits per heavy atom. The highest BCUT2D eigenvalue weighted by atomic mass is 16.5. The van der Waals surface area contributed by atoms with E-state index in [0.717, 1.165) is 19.4 Å². The Hall–Kier alpha value is -3.00. The van der Waals surface area contributed by atoms with Gasteiger partial charge in [-0.05, 0) is 44.0 Å². The number of esters is 1. The van der Waals surface area contributed by atoms with Crippen molar-refractivity contribution in [2.24, 2.45) is 0 Å². The van der Waals surface area contributed by atoms with E-state index in [9.17, 15) is 9.59 Å². The van der Waals surface area contributed by atoms with E-state index < -0.39 is 5.97 Å². The fourth-order valence-electron chi connectivity index (χ4n) is 2.66. The van der Waals surface area contributed by atoms with Gasteiger partial charge < -0.3 is 20.1 Å². The van der Waals surface area contributed by atoms with Crippen LogP contribution in [0.4, 0.5) is 11.5 Å². The molecule has 2 aromatic rings. The summed E-state index contributed by atoms with van der Waals surface area (Å²) < 4.78 is 10.5. The molecule has 27 heavy (non-hydrogen) atoms. The summed E-state index contributed by atoms with van der Waals surface area (Å²) in [4.78, 5) is 32.2. The summed E-state index contributed by atoms with van der Waals surface area (Å²) in [5.41, 5.74) is 1.18. The molecule has 1 aliphatic heterocycles. The van der Waals surface area contributed by atoms with Gasteiger partial charge in [-0.25, -0.2) is 14.8 Å². The second-order valence-corrected chi connectivity index (χ2v) is 6.05. The second kappa shape index (κ2) is 9.09. The molecule has 142 valence electrons. The summed E-state index contributed by atoms with van der Waals surface area (Å²) in [5.74, 6) is -0.176. The Balaban J connectivity index is 1.53. The van der Waals surface area contributed by atoms with Crippen LogP contribution in [-0.2, 0) is 9.47 Å². The Morgan fingerprint density at radius 2 is 2.04 bits per heavy atom. The van der Waals surface area contributed by atoms with Crippen molar-refractivity contribution in [1.29, 1.82) is 0 Å². The standard InChI is InChI=1S/C19H22N4O4/c1-2-26-19(25)13-5-7-14(8-6-13)23-18(24)16-11-22-17(12-20-16)21-10-15-4-3-9-27-15/h5-8,11-12,15H,2-4,9-10H2,1H3,(H,21,22)(H,23,24). The number of carbonyl (C=O) groups excluding carboxylic acids is 2. The number of ether oxygens (including phenoxy) is 2. The van der Waals surface area contributed by atoms with Crippen LogP contribution < -0.4 is 10.6 Å². The molecule has 2 heterocycles. The van der Waals surface area contributed by atoms with Gasteiger partial charge in [-0.15, -0.1) is 0 Å². The van der Waals surface area contributed by atoms with Crippen LogP contribution in [0.5, 0.6) is 0 Å². The van der Waals surface area contributed by atoms with Gasteiger partial charge in [-0.1, -0.05) is 0 Å². The Morgan fingerprint density at radius 1 is 1.22 bits per heavy atom. The molecule has 8 nitrogen and oxygen atoms in total. The van der Waals surface area contributed by atoms with Crippen molar-refractivity contribution in [3.63, 3.8) is 0 Å². The van der Waals surface area contributed by atoms with Crippen LogP contribution >= 0.6 is 0 Å². The highest BCUT2D eigenvalue weighted by molar-refractivity contribution is 6.03. The van der Waals surface area contributed by atoms with Crippen molar-refractivity contribution in [3.05, 3.63) is 47.9 Å². The van der Waals surface area contributed by atoms with Gasteiger partial charge >= 0.3 is 5.97 Å². The number of hydrogen-bond donors (Lipinski definition) is 2. The van der Waals surface area contributed by atoms with E-state index in [1.54, 1.807) is 31.2 Å². The molecule has 1 atom stereocenters. The lowest BCUT2D eigenvalue weighted by atomic mass is 10.2. The van der Waals surface area contributed by atoms with Crippen molar-refractivity contribution in [2.75, 3.05) is 30.4 Å². The molecular formula is C19H22N4O4. The minimum atomic E-state index is -0.396. The molecule has 2 N–H and O–H groups in total. The van der Waals surface area contributed by atoms with Gasteiger partial charge in [0.15, 0.2) is 0 Å². The maximum Gasteiger partial charge on any atom is 0.338 e. The minimum absolute atomic E-state index is 0.201. The molecule has 1 unspecified atom stereocenters. The van der Waals surface area contributed by atoms with Crippen LogP contribution in [0.15, 0.2) is 36.7 Å². The highest BCUT2D eigenvalue weighted by Crippen LogP contribution is 2.14. The van der Waals surface area contributed by atoms with Crippen LogP contribution in [0.1, 0.15) is 40.6 Å². The van der Waals surface area contributed by atoms with Gasteiger partial charge in [-0.3, -0.25) is 4.79 Å². The molecule has 0 saturated carbocycles. The minimum Gasteiger partial charge on any atom is -0.462 e. The molecule has 1 aromatic heterocycles. The summed E-state index contributed by atoms with van der Waals surface area (Å²) in [7, 11) is 0. The molecule has 1 aliphatic rings. The molecule has 0 bridgehead atoms. The average molecular weight is 370 g/mol. The lowest BCUT2D eigenvalue weighted by Crippen LogP contribution is -2.19. The average Bonchev–Trinajstić information content (AvgIpc) is 3.21. The third-order valence-electron chi connectivity index (χ3n) is 4.07. The molecule has 1 fully saturated rings. The van der Waals surface area contributed by atoms with Gasteiger partial charge in [0.25, 0.3) is 5.91 Å². The quantitative estimate of drug-likeness (QED) is 0.722. The van der Waals surface area contributed by atoms with E-state index in [-0.39, 0.29) is 17.7 Å². The number of rotatable bonds is 7. The molecule has 8 heteroatoms. The molecule has 1 amide bonds. The lowest BCUT2D eigenvalue weighted by Gasteiger charge is -2.11. The molecule has 0 spiro atoms. The van der Waals surface area contributed by atoms with E-state index in [2.05, 4.69) is 20.6 Å². The Labute approximate surface area is 157 Å². The first-order valence-electron chi connectivity index (χ1n) is 8.91. The number of nitrogens with one attached hydrogen (secondary N) is 2. The Kier molecular flexibility index (Phi) is 6.32. The van der Waals surface area contributed by atoms with Crippen molar-refractivity contribution in [3.8, 4) is 0 Å². The van der Waals surface area contributed by atoms with Crippen molar-refractivity contribution >= 4 is 23.4 Å². The van der Waals surface area contributed by atoms with E-state index in [4.69, 9.17) is 9.47 Å². The Bertz CT molecular complexity index is 771. The summed E-state index contributed by atoms with van der Waals surface area (Å²) in [6.07, 6.45) is 5.26. The fourth-order valence-corrected chi connectivity index (χ4v) is 2.66. The third kappa shape index (κ3) is 5.24. The predicted octanol–water partition coefficient (Wildman–Crippen LogP) is 2.50. The van der Waals surface area contributed by atoms with Crippen molar-refractivity contribution in [2.45, 2.75) is 25.9 Å². The molecular weight excluding hydrogens is 348 g/mol. The van der Waals surface area contributed by atoms with E-state index in [1.165, 1.54) is 12.4 Å². The predicted molar refractivity (Wildman–Crippen MR) is 99.8 cm³/mol. The fraction of sp³-hybridized carbons (Fsp3) is 0.368. The first-order chi connectivity index (χ1) is 13.2. The van der Waals surface area contributed by atoms with Crippen LogP contribution in [0.25, 0.3) is 0 Å². The monoisotopic (exact) mass is 370 g/mol. The lowest BCUT2D eigenvalue weighted by molar-refractivity contribution is 0.0526. The van der Waals surface area contributed by atoms with Gasteiger partial charge in [0.2, 0.25) is 0 Å². The second-order valence-electron chi connectivity index (χ2n) is 6.05. The maximum atomic E-state index is 12.3. The smallest absolute Gasteiger partial charge is 0.338 e. The number of hydrogen-bond acceptors (Lipinski definition) is 7. The number of aromatic nitrogens is 2. The molecule has 1 saturated heterocycles. The SMILES string of the molecule is CCOC(=O)c1ccc(NC(=O)c2cnc(NCC3CCCO3)cn2)cc1. The number of amides is 1. The summed E-state index contributed by atoms with van der Waals surface area (Å²) in [5, 5.41) is 5.87. The van der Waals surface area contributed by atoms with Gasteiger partial charge in [0, 0.05) is 18.8 Å². The highest BCUT2D eigenvalue weighted by Gasteiger charge is 2.15. The number of carbonyl (C=O) groups is 2. The van der Waals surface area contributed by atoms with Crippen LogP contribution in [0, 0.1) is 0 Å². The zero-order valence-electron chi connectivity index (χ0n) is 15.1. The van der Waals surface area contributed by atoms with Gasteiger partial charge in [-0.2, -0.15) is 0 Å². The van der Waals surface area contributed by atoms with Crippen LogP contribution in [0.2, 0.25) is 0 Å². The summed E-state index contributed by atoms with van der Waals surface area (Å²) in [6, 6.07) is 6.46. The van der Waals surface area contributed by atoms with Crippen molar-refractivity contribution < 1.29 is 19.1 Å². The number of nitrogens with zero attached hydrogens (tertiary/aromatic N) is 2. The van der Waals surface area contributed by atoms with E-state index in [0.29, 0.717) is 30.2 Å². The zero-order valence-corrected chi connectivity index (χ0v) is 15.1. The normalized spacial score (nSPS) is 16.0.